The van der Waals surface area contributed by atoms with Gasteiger partial charge in [-0.2, -0.15) is 5.26 Å². The van der Waals surface area contributed by atoms with Crippen LogP contribution in [-0.2, 0) is 16.4 Å². The number of hydrogen-bond acceptors (Lipinski definition) is 5. The van der Waals surface area contributed by atoms with E-state index in [1.165, 1.54) is 12.1 Å². The summed E-state index contributed by atoms with van der Waals surface area (Å²) >= 11 is 0. The van der Waals surface area contributed by atoms with Crippen molar-refractivity contribution in [3.8, 4) is 6.07 Å². The molecule has 1 saturated heterocycles. The molecule has 0 bridgehead atoms. The third-order valence-electron chi connectivity index (χ3n) is 5.85. The van der Waals surface area contributed by atoms with Crippen molar-refractivity contribution in [1.82, 2.24) is 9.71 Å². The number of aromatic nitrogens is 1. The Morgan fingerprint density at radius 3 is 2.48 bits per heavy atom. The Morgan fingerprint density at radius 2 is 1.85 bits per heavy atom. The first kappa shape index (κ1) is 22.7. The first-order chi connectivity index (χ1) is 15.8. The molecule has 170 valence electrons. The number of H-pyrrole nitrogens is 1. The van der Waals surface area contributed by atoms with Gasteiger partial charge in [0, 0.05) is 29.9 Å². The van der Waals surface area contributed by atoms with Crippen LogP contribution in [0, 0.1) is 17.1 Å². The van der Waals surface area contributed by atoms with Crippen LogP contribution in [-0.4, -0.2) is 32.5 Å². The van der Waals surface area contributed by atoms with Crippen molar-refractivity contribution < 1.29 is 12.8 Å². The largest absolute Gasteiger partial charge is 0.370 e. The van der Waals surface area contributed by atoms with Crippen molar-refractivity contribution in [1.29, 1.82) is 5.26 Å². The number of piperidine rings is 1. The van der Waals surface area contributed by atoms with E-state index in [9.17, 15) is 22.9 Å². The van der Waals surface area contributed by atoms with Gasteiger partial charge >= 0.3 is 0 Å². The number of nitrogens with one attached hydrogen (secondary N) is 2. The zero-order chi connectivity index (χ0) is 23.6. The molecule has 3 aromatic rings. The second-order valence-corrected chi connectivity index (χ2v) is 9.72. The van der Waals surface area contributed by atoms with Crippen molar-refractivity contribution in [3.05, 3.63) is 87.3 Å². The number of halogens is 1. The van der Waals surface area contributed by atoms with Gasteiger partial charge in [-0.1, -0.05) is 30.8 Å². The Kier molecular flexibility index (Phi) is 6.31. The highest BCUT2D eigenvalue weighted by atomic mass is 32.2. The minimum Gasteiger partial charge on any atom is -0.370 e. The molecule has 33 heavy (non-hydrogen) atoms. The topological polar surface area (TPSA) is 106 Å². The van der Waals surface area contributed by atoms with Gasteiger partial charge in [0.15, 0.2) is 0 Å². The lowest BCUT2D eigenvalue weighted by Crippen LogP contribution is -2.44. The highest BCUT2D eigenvalue weighted by Crippen LogP contribution is 2.31. The highest BCUT2D eigenvalue weighted by Gasteiger charge is 2.26. The number of pyridine rings is 1. The summed E-state index contributed by atoms with van der Waals surface area (Å²) in [6.45, 7) is 4.30. The van der Waals surface area contributed by atoms with Crippen LogP contribution in [0.5, 0.6) is 0 Å². The number of aromatic amines is 1. The van der Waals surface area contributed by atoms with Gasteiger partial charge in [0.1, 0.15) is 17.4 Å². The predicted octanol–water partition coefficient (Wildman–Crippen LogP) is 3.16. The van der Waals surface area contributed by atoms with Gasteiger partial charge in [-0.15, -0.1) is 0 Å². The fourth-order valence-corrected chi connectivity index (χ4v) is 5.01. The maximum Gasteiger partial charge on any atom is 0.268 e. The molecule has 1 fully saturated rings. The maximum atomic E-state index is 13.2. The average Bonchev–Trinajstić information content (AvgIpc) is 2.80. The number of nitrogens with zero attached hydrogens (tertiary/aromatic N) is 2. The molecule has 2 heterocycles. The first-order valence-electron chi connectivity index (χ1n) is 10.5. The van der Waals surface area contributed by atoms with E-state index in [-0.39, 0.29) is 17.4 Å². The maximum absolute atomic E-state index is 13.2. The van der Waals surface area contributed by atoms with Gasteiger partial charge in [-0.3, -0.25) is 4.79 Å². The summed E-state index contributed by atoms with van der Waals surface area (Å²) in [5.41, 5.74) is 2.64. The Hall–Kier alpha value is -3.48. The molecule has 0 amide bonds. The van der Waals surface area contributed by atoms with Crippen LogP contribution in [0.25, 0.3) is 10.9 Å². The van der Waals surface area contributed by atoms with Crippen LogP contribution in [0.1, 0.15) is 29.5 Å². The molecule has 0 saturated carbocycles. The zero-order valence-electron chi connectivity index (χ0n) is 17.8. The molecule has 7 nitrogen and oxygen atoms in total. The molecule has 9 heteroatoms. The number of benzene rings is 2. The van der Waals surface area contributed by atoms with E-state index in [4.69, 9.17) is 0 Å². The Balaban J connectivity index is 1.65. The van der Waals surface area contributed by atoms with Gasteiger partial charge in [-0.25, -0.2) is 17.5 Å². The molecule has 1 aliphatic heterocycles. The van der Waals surface area contributed by atoms with Crippen LogP contribution in [0.15, 0.2) is 59.2 Å². The van der Waals surface area contributed by atoms with Crippen molar-refractivity contribution in [2.45, 2.75) is 25.3 Å². The Morgan fingerprint density at radius 1 is 1.18 bits per heavy atom. The van der Waals surface area contributed by atoms with E-state index in [0.717, 1.165) is 21.9 Å². The van der Waals surface area contributed by atoms with Crippen LogP contribution >= 0.6 is 0 Å². The van der Waals surface area contributed by atoms with E-state index < -0.39 is 15.6 Å². The molecule has 0 unspecified atom stereocenters. The molecular weight excluding hydrogens is 443 g/mol. The van der Waals surface area contributed by atoms with Crippen LogP contribution in [0.3, 0.4) is 0 Å². The number of fused-ring (bicyclic) bond motifs is 1. The molecule has 0 atom stereocenters. The fraction of sp³-hybridized carbons (Fsp3) is 0.250. The summed E-state index contributed by atoms with van der Waals surface area (Å²) in [4.78, 5) is 17.4. The monoisotopic (exact) mass is 466 g/mol. The zero-order valence-corrected chi connectivity index (χ0v) is 18.7. The molecular formula is C24H23FN4O3S. The van der Waals surface area contributed by atoms with Gasteiger partial charge in [-0.05, 0) is 48.6 Å². The highest BCUT2D eigenvalue weighted by molar-refractivity contribution is 7.92. The second-order valence-electron chi connectivity index (χ2n) is 8.06. The van der Waals surface area contributed by atoms with Crippen LogP contribution in [0.2, 0.25) is 0 Å². The molecule has 1 aromatic heterocycles. The SMILES string of the molecule is C=CS(=O)(=O)NC1CCN(c2c(C#N)c(=O)[nH]c3cc(Cc4ccc(F)cc4)ccc23)CC1. The molecule has 0 radical (unpaired) electrons. The molecule has 2 aromatic carbocycles. The van der Waals surface area contributed by atoms with Gasteiger partial charge < -0.3 is 9.88 Å². The average molecular weight is 467 g/mol. The number of rotatable bonds is 6. The summed E-state index contributed by atoms with van der Waals surface area (Å²) in [5, 5.41) is 11.3. The third-order valence-corrected chi connectivity index (χ3v) is 6.95. The molecule has 2 N–H and O–H groups in total. The summed E-state index contributed by atoms with van der Waals surface area (Å²) < 4.78 is 39.3. The number of hydrogen-bond donors (Lipinski definition) is 2. The normalized spacial score (nSPS) is 14.8. The number of anilines is 1. The quantitative estimate of drug-likeness (QED) is 0.581. The van der Waals surface area contributed by atoms with E-state index >= 15 is 0 Å². The number of nitriles is 1. The Labute approximate surface area is 191 Å². The minimum atomic E-state index is -3.52. The standard InChI is InChI=1S/C24H23FN4O3S/c1-2-33(31,32)28-19-9-11-29(12-10-19)23-20-8-5-17(13-16-3-6-18(25)7-4-16)14-22(20)27-24(30)21(23)15-26/h2-8,14,19,28H,1,9-13H2,(H,27,30). The summed E-state index contributed by atoms with van der Waals surface area (Å²) in [6.07, 6.45) is 1.65. The van der Waals surface area contributed by atoms with E-state index in [0.29, 0.717) is 43.6 Å². The molecule has 0 spiro atoms. The Bertz CT molecular complexity index is 1400. The minimum absolute atomic E-state index is 0.0407. The van der Waals surface area contributed by atoms with Crippen molar-refractivity contribution in [2.24, 2.45) is 0 Å². The van der Waals surface area contributed by atoms with Crippen molar-refractivity contribution >= 4 is 26.6 Å². The predicted molar refractivity (Wildman–Crippen MR) is 126 cm³/mol. The van der Waals surface area contributed by atoms with Gasteiger partial charge in [0.25, 0.3) is 5.56 Å². The van der Waals surface area contributed by atoms with E-state index in [2.05, 4.69) is 16.3 Å². The van der Waals surface area contributed by atoms with Crippen molar-refractivity contribution in [2.75, 3.05) is 18.0 Å². The fourth-order valence-electron chi connectivity index (χ4n) is 4.21. The lowest BCUT2D eigenvalue weighted by atomic mass is 9.99. The molecule has 4 rings (SSSR count). The van der Waals surface area contributed by atoms with Gasteiger partial charge in [0.05, 0.1) is 11.2 Å². The smallest absolute Gasteiger partial charge is 0.268 e. The van der Waals surface area contributed by atoms with Crippen LogP contribution in [0.4, 0.5) is 10.1 Å². The summed E-state index contributed by atoms with van der Waals surface area (Å²) in [6, 6.07) is 13.7. The number of sulfonamides is 1. The summed E-state index contributed by atoms with van der Waals surface area (Å²) in [7, 11) is -3.52. The molecule has 1 aliphatic rings. The lowest BCUT2D eigenvalue weighted by Gasteiger charge is -2.34. The van der Waals surface area contributed by atoms with Crippen LogP contribution < -0.4 is 15.2 Å². The van der Waals surface area contributed by atoms with Gasteiger partial charge in [0.2, 0.25) is 10.0 Å². The summed E-state index contributed by atoms with van der Waals surface area (Å²) in [5.74, 6) is -0.295. The molecule has 0 aliphatic carbocycles. The van der Waals surface area contributed by atoms with E-state index in [1.54, 1.807) is 12.1 Å². The first-order valence-corrected chi connectivity index (χ1v) is 12.1. The van der Waals surface area contributed by atoms with Crippen molar-refractivity contribution in [3.63, 3.8) is 0 Å². The lowest BCUT2D eigenvalue weighted by molar-refractivity contribution is 0.463. The van der Waals surface area contributed by atoms with E-state index in [1.807, 2.05) is 29.2 Å². The third kappa shape index (κ3) is 4.97. The second kappa shape index (κ2) is 9.17.